The first-order valence-corrected chi connectivity index (χ1v) is 6.60. The van der Waals surface area contributed by atoms with Crippen molar-refractivity contribution in [2.24, 2.45) is 11.7 Å². The molecule has 0 aromatic rings. The molecule has 2 N–H and O–H groups in total. The normalized spacial score (nSPS) is 30.7. The van der Waals surface area contributed by atoms with E-state index in [1.807, 2.05) is 11.8 Å². The predicted molar refractivity (Wildman–Crippen MR) is 61.2 cm³/mol. The van der Waals surface area contributed by atoms with E-state index in [0.29, 0.717) is 6.04 Å². The smallest absolute Gasteiger partial charge is 0.0221 e. The molecular weight excluding hydrogens is 180 g/mol. The molecule has 13 heavy (non-hydrogen) atoms. The van der Waals surface area contributed by atoms with Crippen molar-refractivity contribution in [3.63, 3.8) is 0 Å². The van der Waals surface area contributed by atoms with Crippen LogP contribution in [0.15, 0.2) is 0 Å². The molecule has 1 rings (SSSR count). The summed E-state index contributed by atoms with van der Waals surface area (Å²) in [6.07, 6.45) is 4.82. The molecule has 0 aromatic heterocycles. The van der Waals surface area contributed by atoms with E-state index in [0.717, 1.165) is 12.5 Å². The topological polar surface area (TPSA) is 29.3 Å². The number of likely N-dealkylation sites (tertiary alicyclic amines) is 1. The Labute approximate surface area is 86.2 Å². The predicted octanol–water partition coefficient (Wildman–Crippen LogP) is 1.41. The van der Waals surface area contributed by atoms with E-state index in [9.17, 15) is 0 Å². The Kier molecular flexibility index (Phi) is 5.14. The lowest BCUT2D eigenvalue weighted by Gasteiger charge is -2.37. The van der Waals surface area contributed by atoms with Gasteiger partial charge < -0.3 is 5.73 Å². The fourth-order valence-corrected chi connectivity index (χ4v) is 2.47. The molecule has 3 heteroatoms. The Balaban J connectivity index is 2.33. The zero-order valence-electron chi connectivity index (χ0n) is 8.83. The van der Waals surface area contributed by atoms with E-state index in [2.05, 4.69) is 18.1 Å². The zero-order chi connectivity index (χ0) is 9.68. The lowest BCUT2D eigenvalue weighted by atomic mass is 9.92. The van der Waals surface area contributed by atoms with Crippen LogP contribution < -0.4 is 5.73 Å². The molecule has 1 aliphatic heterocycles. The van der Waals surface area contributed by atoms with Gasteiger partial charge in [0, 0.05) is 24.9 Å². The summed E-state index contributed by atoms with van der Waals surface area (Å²) in [6, 6.07) is 0.649. The summed E-state index contributed by atoms with van der Waals surface area (Å²) in [5, 5.41) is 0. The number of nitrogens with two attached hydrogens (primary N) is 1. The first kappa shape index (κ1) is 11.3. The van der Waals surface area contributed by atoms with Crippen molar-refractivity contribution >= 4 is 11.8 Å². The second-order valence-electron chi connectivity index (χ2n) is 4.05. The third kappa shape index (κ3) is 3.49. The number of hydrogen-bond donors (Lipinski definition) is 1. The first-order valence-electron chi connectivity index (χ1n) is 5.21. The average molecular weight is 202 g/mol. The highest BCUT2D eigenvalue weighted by Crippen LogP contribution is 2.21. The van der Waals surface area contributed by atoms with Gasteiger partial charge in [0.25, 0.3) is 0 Å². The summed E-state index contributed by atoms with van der Waals surface area (Å²) in [6.45, 7) is 5.65. The maximum absolute atomic E-state index is 5.78. The Morgan fingerprint density at radius 2 is 2.31 bits per heavy atom. The summed E-state index contributed by atoms with van der Waals surface area (Å²) in [5.74, 6) is 2.12. The van der Waals surface area contributed by atoms with Gasteiger partial charge in [0.1, 0.15) is 0 Å². The molecule has 2 nitrogen and oxygen atoms in total. The molecule has 1 aliphatic rings. The maximum atomic E-state index is 5.78. The van der Waals surface area contributed by atoms with Gasteiger partial charge in [0.05, 0.1) is 0 Å². The maximum Gasteiger partial charge on any atom is 0.0221 e. The van der Waals surface area contributed by atoms with E-state index in [-0.39, 0.29) is 0 Å². The first-order chi connectivity index (χ1) is 6.27. The molecule has 0 spiro atoms. The van der Waals surface area contributed by atoms with E-state index < -0.39 is 0 Å². The van der Waals surface area contributed by atoms with Crippen molar-refractivity contribution in [3.05, 3.63) is 0 Å². The van der Waals surface area contributed by atoms with Gasteiger partial charge in [-0.05, 0) is 31.6 Å². The summed E-state index contributed by atoms with van der Waals surface area (Å²) < 4.78 is 0. The van der Waals surface area contributed by atoms with Crippen molar-refractivity contribution in [3.8, 4) is 0 Å². The van der Waals surface area contributed by atoms with Gasteiger partial charge in [0.2, 0.25) is 0 Å². The van der Waals surface area contributed by atoms with Crippen LogP contribution in [-0.4, -0.2) is 42.6 Å². The van der Waals surface area contributed by atoms with Gasteiger partial charge in [-0.1, -0.05) is 6.92 Å². The van der Waals surface area contributed by atoms with Crippen molar-refractivity contribution in [2.75, 3.05) is 31.6 Å². The SMILES string of the molecule is CSCCN1CCC(C)CC1CN. The Hall–Kier alpha value is 0.270. The minimum Gasteiger partial charge on any atom is -0.329 e. The average Bonchev–Trinajstić information content (AvgIpc) is 2.16. The molecule has 0 saturated carbocycles. The summed E-state index contributed by atoms with van der Waals surface area (Å²) in [5.41, 5.74) is 5.78. The quantitative estimate of drug-likeness (QED) is 0.747. The molecule has 1 saturated heterocycles. The van der Waals surface area contributed by atoms with Crippen LogP contribution in [0.3, 0.4) is 0 Å². The number of hydrogen-bond acceptors (Lipinski definition) is 3. The minimum atomic E-state index is 0.649. The molecule has 0 amide bonds. The number of piperidine rings is 1. The van der Waals surface area contributed by atoms with Crippen LogP contribution in [0.1, 0.15) is 19.8 Å². The largest absolute Gasteiger partial charge is 0.329 e. The van der Waals surface area contributed by atoms with Crippen LogP contribution in [0, 0.1) is 5.92 Å². The fourth-order valence-electron chi connectivity index (χ4n) is 2.05. The standard InChI is InChI=1S/C10H22N2S/c1-9-3-4-12(5-6-13-2)10(7-9)8-11/h9-10H,3-8,11H2,1-2H3. The van der Waals surface area contributed by atoms with Gasteiger partial charge in [-0.3, -0.25) is 4.90 Å². The van der Waals surface area contributed by atoms with E-state index >= 15 is 0 Å². The van der Waals surface area contributed by atoms with Crippen molar-refractivity contribution in [1.29, 1.82) is 0 Å². The van der Waals surface area contributed by atoms with Gasteiger partial charge in [-0.15, -0.1) is 0 Å². The fraction of sp³-hybridized carbons (Fsp3) is 1.00. The van der Waals surface area contributed by atoms with Crippen LogP contribution in [0.5, 0.6) is 0 Å². The Bertz CT molecular complexity index is 139. The van der Waals surface area contributed by atoms with Crippen molar-refractivity contribution in [1.82, 2.24) is 4.90 Å². The second kappa shape index (κ2) is 5.89. The highest BCUT2D eigenvalue weighted by atomic mass is 32.2. The third-order valence-electron chi connectivity index (χ3n) is 2.95. The number of thioether (sulfide) groups is 1. The molecule has 2 unspecified atom stereocenters. The molecule has 2 atom stereocenters. The van der Waals surface area contributed by atoms with E-state index in [1.165, 1.54) is 31.7 Å². The van der Waals surface area contributed by atoms with Gasteiger partial charge in [0.15, 0.2) is 0 Å². The molecule has 1 heterocycles. The summed E-state index contributed by atoms with van der Waals surface area (Å²) >= 11 is 1.93. The Morgan fingerprint density at radius 3 is 2.92 bits per heavy atom. The molecule has 0 aliphatic carbocycles. The van der Waals surface area contributed by atoms with Gasteiger partial charge >= 0.3 is 0 Å². The van der Waals surface area contributed by atoms with Crippen LogP contribution in [0.2, 0.25) is 0 Å². The highest BCUT2D eigenvalue weighted by Gasteiger charge is 2.24. The molecular formula is C10H22N2S. The van der Waals surface area contributed by atoms with Crippen molar-refractivity contribution < 1.29 is 0 Å². The lowest BCUT2D eigenvalue weighted by Crippen LogP contribution is -2.47. The Morgan fingerprint density at radius 1 is 1.54 bits per heavy atom. The highest BCUT2D eigenvalue weighted by molar-refractivity contribution is 7.98. The second-order valence-corrected chi connectivity index (χ2v) is 5.03. The summed E-state index contributed by atoms with van der Waals surface area (Å²) in [7, 11) is 0. The monoisotopic (exact) mass is 202 g/mol. The number of nitrogens with zero attached hydrogens (tertiary/aromatic N) is 1. The van der Waals surface area contributed by atoms with Crippen LogP contribution in [-0.2, 0) is 0 Å². The van der Waals surface area contributed by atoms with Gasteiger partial charge in [-0.2, -0.15) is 11.8 Å². The van der Waals surface area contributed by atoms with E-state index in [4.69, 9.17) is 5.73 Å². The van der Waals surface area contributed by atoms with Crippen LogP contribution >= 0.6 is 11.8 Å². The molecule has 78 valence electrons. The molecule has 0 radical (unpaired) electrons. The zero-order valence-corrected chi connectivity index (χ0v) is 9.65. The molecule has 0 bridgehead atoms. The minimum absolute atomic E-state index is 0.649. The summed E-state index contributed by atoms with van der Waals surface area (Å²) in [4.78, 5) is 2.57. The van der Waals surface area contributed by atoms with Crippen molar-refractivity contribution in [2.45, 2.75) is 25.8 Å². The van der Waals surface area contributed by atoms with E-state index in [1.54, 1.807) is 0 Å². The molecule has 1 fully saturated rings. The van der Waals surface area contributed by atoms with Crippen LogP contribution in [0.4, 0.5) is 0 Å². The number of rotatable bonds is 4. The van der Waals surface area contributed by atoms with Gasteiger partial charge in [-0.25, -0.2) is 0 Å². The third-order valence-corrected chi connectivity index (χ3v) is 3.55. The molecule has 0 aromatic carbocycles. The lowest BCUT2D eigenvalue weighted by molar-refractivity contribution is 0.131. The van der Waals surface area contributed by atoms with Crippen LogP contribution in [0.25, 0.3) is 0 Å².